The van der Waals surface area contributed by atoms with Gasteiger partial charge in [-0.05, 0) is 12.1 Å². The van der Waals surface area contributed by atoms with Gasteiger partial charge in [-0.2, -0.15) is 0 Å². The molecule has 1 aromatic rings. The number of hydrogen-bond acceptors (Lipinski definition) is 4. The van der Waals surface area contributed by atoms with Gasteiger partial charge in [-0.1, -0.05) is 11.6 Å². The average Bonchev–Trinajstić information content (AvgIpc) is 2.38. The summed E-state index contributed by atoms with van der Waals surface area (Å²) in [4.78, 5) is 5.12. The van der Waals surface area contributed by atoms with Gasteiger partial charge in [0.1, 0.15) is 18.8 Å². The molecule has 2 rings (SSSR count). The summed E-state index contributed by atoms with van der Waals surface area (Å²) in [7, 11) is -3.31. The molecular weight excluding hydrogens is 311 g/mol. The number of pyridine rings is 1. The standard InChI is InChI=1S/C11H15ClN2O3S.ClH/c12-10-1-2-11(13-9-10)18(15,16)8-5-14-3-6-17-7-4-14;/h1-2,9H,3-8H2;1H. The molecule has 1 N–H and O–H groups in total. The van der Waals surface area contributed by atoms with Crippen molar-refractivity contribution in [2.75, 3.05) is 38.6 Å². The van der Waals surface area contributed by atoms with Gasteiger partial charge in [0.05, 0.1) is 24.8 Å². The summed E-state index contributed by atoms with van der Waals surface area (Å²) in [5.41, 5.74) is 0. The van der Waals surface area contributed by atoms with Gasteiger partial charge in [0.25, 0.3) is 0 Å². The predicted molar refractivity (Wildman–Crippen MR) is 67.7 cm³/mol. The molecular formula is C11H16Cl2N2O3S. The predicted octanol–water partition coefficient (Wildman–Crippen LogP) is -3.57. The molecule has 0 atom stereocenters. The number of aromatic nitrogens is 1. The summed E-state index contributed by atoms with van der Waals surface area (Å²) in [6, 6.07) is 3.00. The van der Waals surface area contributed by atoms with Crippen molar-refractivity contribution in [3.05, 3.63) is 23.4 Å². The summed E-state index contributed by atoms with van der Waals surface area (Å²) >= 11 is 5.69. The Kier molecular flexibility index (Phi) is 6.49. The van der Waals surface area contributed by atoms with E-state index in [0.717, 1.165) is 13.1 Å². The lowest BCUT2D eigenvalue weighted by Gasteiger charge is -2.23. The molecule has 0 aliphatic carbocycles. The van der Waals surface area contributed by atoms with Crippen LogP contribution in [0.3, 0.4) is 0 Å². The van der Waals surface area contributed by atoms with Crippen molar-refractivity contribution in [2.45, 2.75) is 5.03 Å². The molecule has 0 spiro atoms. The molecule has 0 radical (unpaired) electrons. The molecule has 1 aliphatic heterocycles. The van der Waals surface area contributed by atoms with Gasteiger partial charge in [-0.25, -0.2) is 13.4 Å². The van der Waals surface area contributed by atoms with Gasteiger partial charge in [0.15, 0.2) is 5.03 Å². The summed E-state index contributed by atoms with van der Waals surface area (Å²) in [5, 5.41) is 0.535. The maximum atomic E-state index is 12.0. The topological polar surface area (TPSA) is 60.7 Å². The lowest BCUT2D eigenvalue weighted by molar-refractivity contribution is -0.905. The maximum absolute atomic E-state index is 12.0. The SMILES string of the molecule is O=S(=O)(CC[NH+]1CCOCC1)c1ccc(Cl)cn1.[Cl-]. The zero-order valence-electron chi connectivity index (χ0n) is 10.3. The summed E-state index contributed by atoms with van der Waals surface area (Å²) < 4.78 is 29.3. The zero-order valence-corrected chi connectivity index (χ0v) is 12.6. The molecule has 0 saturated carbocycles. The van der Waals surface area contributed by atoms with Gasteiger partial charge in [0.2, 0.25) is 9.84 Å². The number of nitrogens with one attached hydrogen (secondary N) is 1. The number of ether oxygens (including phenoxy) is 1. The van der Waals surface area contributed by atoms with E-state index in [9.17, 15) is 8.42 Å². The fourth-order valence-electron chi connectivity index (χ4n) is 1.84. The molecule has 0 amide bonds. The third-order valence-corrected chi connectivity index (χ3v) is 4.79. The van der Waals surface area contributed by atoms with Gasteiger partial charge < -0.3 is 22.0 Å². The largest absolute Gasteiger partial charge is 1.00 e. The van der Waals surface area contributed by atoms with Crippen LogP contribution in [0, 0.1) is 0 Å². The number of halogens is 2. The normalized spacial score (nSPS) is 16.9. The van der Waals surface area contributed by atoms with E-state index in [1.54, 1.807) is 6.07 Å². The second-order valence-corrected chi connectivity index (χ2v) is 6.74. The van der Waals surface area contributed by atoms with Crippen LogP contribution in [0.25, 0.3) is 0 Å². The first-order valence-electron chi connectivity index (χ1n) is 5.83. The smallest absolute Gasteiger partial charge is 0.201 e. The third-order valence-electron chi connectivity index (χ3n) is 2.94. The monoisotopic (exact) mass is 326 g/mol. The van der Waals surface area contributed by atoms with E-state index in [2.05, 4.69) is 4.98 Å². The third kappa shape index (κ3) is 4.89. The molecule has 2 heterocycles. The minimum absolute atomic E-state index is 0. The number of nitrogens with zero attached hydrogens (tertiary/aromatic N) is 1. The number of morpholine rings is 1. The van der Waals surface area contributed by atoms with Gasteiger partial charge in [0, 0.05) is 6.20 Å². The molecule has 0 unspecified atom stereocenters. The Morgan fingerprint density at radius 1 is 1.32 bits per heavy atom. The minimum Gasteiger partial charge on any atom is -1.00 e. The first-order valence-corrected chi connectivity index (χ1v) is 7.86. The summed E-state index contributed by atoms with van der Waals surface area (Å²) in [6.45, 7) is 3.73. The Hall–Kier alpha value is -0.400. The fourth-order valence-corrected chi connectivity index (χ4v) is 3.21. The van der Waals surface area contributed by atoms with Crippen LogP contribution in [0.1, 0.15) is 0 Å². The van der Waals surface area contributed by atoms with Gasteiger partial charge >= 0.3 is 0 Å². The number of sulfone groups is 1. The van der Waals surface area contributed by atoms with Crippen molar-refractivity contribution < 1.29 is 30.5 Å². The quantitative estimate of drug-likeness (QED) is 0.622. The molecule has 5 nitrogen and oxygen atoms in total. The highest BCUT2D eigenvalue weighted by Gasteiger charge is 2.21. The highest BCUT2D eigenvalue weighted by Crippen LogP contribution is 2.11. The highest BCUT2D eigenvalue weighted by atomic mass is 35.5. The Morgan fingerprint density at radius 2 is 2.00 bits per heavy atom. The van der Waals surface area contributed by atoms with E-state index in [-0.39, 0.29) is 23.2 Å². The van der Waals surface area contributed by atoms with Crippen molar-refractivity contribution in [1.82, 2.24) is 4.98 Å². The lowest BCUT2D eigenvalue weighted by Crippen LogP contribution is -3.14. The molecule has 8 heteroatoms. The van der Waals surface area contributed by atoms with Crippen molar-refractivity contribution in [3.63, 3.8) is 0 Å². The van der Waals surface area contributed by atoms with Crippen LogP contribution >= 0.6 is 11.6 Å². The van der Waals surface area contributed by atoms with E-state index in [4.69, 9.17) is 16.3 Å². The zero-order chi connectivity index (χ0) is 13.0. The van der Waals surface area contributed by atoms with E-state index in [1.165, 1.54) is 17.2 Å². The number of rotatable bonds is 4. The summed E-state index contributed by atoms with van der Waals surface area (Å²) in [5.74, 6) is 0.108. The Morgan fingerprint density at radius 3 is 2.58 bits per heavy atom. The van der Waals surface area contributed by atoms with Crippen LogP contribution in [0.15, 0.2) is 23.4 Å². The van der Waals surface area contributed by atoms with E-state index < -0.39 is 9.84 Å². The minimum atomic E-state index is -3.31. The van der Waals surface area contributed by atoms with E-state index in [0.29, 0.717) is 24.8 Å². The Bertz CT molecular complexity index is 487. The lowest BCUT2D eigenvalue weighted by atomic mass is 10.4. The van der Waals surface area contributed by atoms with Crippen LogP contribution in [0.5, 0.6) is 0 Å². The van der Waals surface area contributed by atoms with Crippen LogP contribution in [-0.2, 0) is 14.6 Å². The van der Waals surface area contributed by atoms with Crippen molar-refractivity contribution in [2.24, 2.45) is 0 Å². The van der Waals surface area contributed by atoms with Crippen LogP contribution in [0.2, 0.25) is 5.02 Å². The van der Waals surface area contributed by atoms with Gasteiger partial charge in [-0.15, -0.1) is 0 Å². The Labute approximate surface area is 124 Å². The second-order valence-electron chi connectivity index (χ2n) is 4.25. The molecule has 1 aromatic heterocycles. The maximum Gasteiger partial charge on any atom is 0.201 e. The first-order chi connectivity index (χ1) is 8.58. The molecule has 1 fully saturated rings. The van der Waals surface area contributed by atoms with Crippen molar-refractivity contribution >= 4 is 21.4 Å². The van der Waals surface area contributed by atoms with Crippen LogP contribution < -0.4 is 17.3 Å². The molecule has 0 bridgehead atoms. The fraction of sp³-hybridized carbons (Fsp3) is 0.545. The number of quaternary nitrogens is 1. The summed E-state index contributed by atoms with van der Waals surface area (Å²) in [6.07, 6.45) is 1.36. The number of hydrogen-bond donors (Lipinski definition) is 1. The van der Waals surface area contributed by atoms with Crippen molar-refractivity contribution in [3.8, 4) is 0 Å². The van der Waals surface area contributed by atoms with Crippen LogP contribution in [0.4, 0.5) is 0 Å². The van der Waals surface area contributed by atoms with E-state index in [1.807, 2.05) is 0 Å². The highest BCUT2D eigenvalue weighted by molar-refractivity contribution is 7.91. The van der Waals surface area contributed by atoms with Crippen molar-refractivity contribution in [1.29, 1.82) is 0 Å². The first kappa shape index (κ1) is 16.7. The van der Waals surface area contributed by atoms with Crippen LogP contribution in [-0.4, -0.2) is 52.0 Å². The average molecular weight is 327 g/mol. The second kappa shape index (κ2) is 7.40. The Balaban J connectivity index is 0.00000180. The molecule has 108 valence electrons. The molecule has 1 saturated heterocycles. The molecule has 1 aliphatic rings. The van der Waals surface area contributed by atoms with Gasteiger partial charge in [-0.3, -0.25) is 0 Å². The van der Waals surface area contributed by atoms with E-state index >= 15 is 0 Å². The molecule has 0 aromatic carbocycles. The molecule has 19 heavy (non-hydrogen) atoms.